The van der Waals surface area contributed by atoms with Gasteiger partial charge < -0.3 is 25.0 Å². The van der Waals surface area contributed by atoms with Crippen molar-refractivity contribution in [3.8, 4) is 17.0 Å². The minimum absolute atomic E-state index is 0.225. The molecule has 2 fully saturated rings. The van der Waals surface area contributed by atoms with Crippen molar-refractivity contribution in [3.05, 3.63) is 35.9 Å². The summed E-state index contributed by atoms with van der Waals surface area (Å²) in [4.78, 5) is 9.50. The van der Waals surface area contributed by atoms with Gasteiger partial charge in [-0.2, -0.15) is 4.98 Å². The number of hydrogen-bond donors (Lipinski definition) is 1. The summed E-state index contributed by atoms with van der Waals surface area (Å²) in [5, 5.41) is 0. The summed E-state index contributed by atoms with van der Waals surface area (Å²) in [7, 11) is 4.33. The summed E-state index contributed by atoms with van der Waals surface area (Å²) in [5.74, 6) is 1.67. The van der Waals surface area contributed by atoms with E-state index in [2.05, 4.69) is 49.0 Å². The lowest BCUT2D eigenvalue weighted by molar-refractivity contribution is 0.107. The molecule has 0 unspecified atom stereocenters. The molecular formula is C24H34N4O2. The third-order valence-corrected chi connectivity index (χ3v) is 6.36. The van der Waals surface area contributed by atoms with Gasteiger partial charge in [-0.05, 0) is 81.6 Å². The first-order valence-corrected chi connectivity index (χ1v) is 11.0. The molecule has 162 valence electrons. The average Bonchev–Trinajstić information content (AvgIpc) is 2.76. The number of ether oxygens (including phenoxy) is 2. The zero-order valence-electron chi connectivity index (χ0n) is 18.4. The van der Waals surface area contributed by atoms with Gasteiger partial charge in [0.1, 0.15) is 11.9 Å². The van der Waals surface area contributed by atoms with Crippen LogP contribution in [-0.4, -0.2) is 62.4 Å². The van der Waals surface area contributed by atoms with Crippen LogP contribution < -0.4 is 15.4 Å². The van der Waals surface area contributed by atoms with Crippen LogP contribution in [-0.2, 0) is 4.74 Å². The number of pyridine rings is 1. The SMILES string of the molecule is Cc1ccc(N)cc1-c1cc(O[C@H]2CC[C@H](N(C)C)CC2)nc(N2CCOCC2)c1. The molecule has 2 aromatic rings. The summed E-state index contributed by atoms with van der Waals surface area (Å²) in [6.07, 6.45) is 4.70. The Kier molecular flexibility index (Phi) is 6.44. The molecule has 1 aromatic heterocycles. The quantitative estimate of drug-likeness (QED) is 0.758. The minimum atomic E-state index is 0.225. The second kappa shape index (κ2) is 9.23. The van der Waals surface area contributed by atoms with Crippen molar-refractivity contribution in [1.82, 2.24) is 9.88 Å². The predicted molar refractivity (Wildman–Crippen MR) is 122 cm³/mol. The van der Waals surface area contributed by atoms with Crippen LogP contribution in [0.3, 0.4) is 0 Å². The largest absolute Gasteiger partial charge is 0.474 e. The van der Waals surface area contributed by atoms with Gasteiger partial charge in [-0.3, -0.25) is 0 Å². The zero-order valence-corrected chi connectivity index (χ0v) is 18.4. The van der Waals surface area contributed by atoms with Gasteiger partial charge in [-0.15, -0.1) is 0 Å². The highest BCUT2D eigenvalue weighted by Gasteiger charge is 2.25. The molecule has 0 amide bonds. The number of nitrogens with two attached hydrogens (primary N) is 1. The van der Waals surface area contributed by atoms with Crippen LogP contribution in [0.1, 0.15) is 31.2 Å². The summed E-state index contributed by atoms with van der Waals surface area (Å²) in [6, 6.07) is 10.9. The van der Waals surface area contributed by atoms with Gasteiger partial charge >= 0.3 is 0 Å². The minimum Gasteiger partial charge on any atom is -0.474 e. The van der Waals surface area contributed by atoms with Crippen molar-refractivity contribution in [1.29, 1.82) is 0 Å². The molecule has 0 radical (unpaired) electrons. The van der Waals surface area contributed by atoms with Crippen molar-refractivity contribution in [2.75, 3.05) is 51.0 Å². The first kappa shape index (κ1) is 20.9. The lowest BCUT2D eigenvalue weighted by Crippen LogP contribution is -2.37. The van der Waals surface area contributed by atoms with Gasteiger partial charge in [0.2, 0.25) is 5.88 Å². The first-order valence-electron chi connectivity index (χ1n) is 11.0. The molecule has 0 spiro atoms. The zero-order chi connectivity index (χ0) is 21.1. The molecule has 1 aliphatic heterocycles. The standard InChI is InChI=1S/C24H34N4O2/c1-17-4-5-19(25)16-22(17)18-14-23(28-10-12-29-13-11-28)26-24(15-18)30-21-8-6-20(7-9-21)27(2)3/h4-5,14-16,20-21H,6-13,25H2,1-3H3/t20-,21-. The molecule has 2 N–H and O–H groups in total. The average molecular weight is 411 g/mol. The highest BCUT2D eigenvalue weighted by atomic mass is 16.5. The Balaban J connectivity index is 1.61. The number of nitrogen functional groups attached to an aromatic ring is 1. The highest BCUT2D eigenvalue weighted by molar-refractivity contribution is 5.74. The first-order chi connectivity index (χ1) is 14.5. The molecule has 6 heteroatoms. The second-order valence-corrected chi connectivity index (χ2v) is 8.74. The third kappa shape index (κ3) is 4.87. The number of rotatable bonds is 5. The molecular weight excluding hydrogens is 376 g/mol. The van der Waals surface area contributed by atoms with Crippen molar-refractivity contribution >= 4 is 11.5 Å². The van der Waals surface area contributed by atoms with Crippen LogP contribution in [0.2, 0.25) is 0 Å². The normalized spacial score (nSPS) is 22.3. The van der Waals surface area contributed by atoms with Gasteiger partial charge in [0.15, 0.2) is 0 Å². The van der Waals surface area contributed by atoms with E-state index in [1.807, 2.05) is 12.1 Å². The second-order valence-electron chi connectivity index (χ2n) is 8.74. The smallest absolute Gasteiger partial charge is 0.216 e. The fraction of sp³-hybridized carbons (Fsp3) is 0.542. The Labute approximate surface area is 180 Å². The molecule has 1 aromatic carbocycles. The molecule has 1 aliphatic carbocycles. The Morgan fingerprint density at radius 1 is 1.07 bits per heavy atom. The fourth-order valence-corrected chi connectivity index (χ4v) is 4.46. The maximum absolute atomic E-state index is 6.43. The van der Waals surface area contributed by atoms with Crippen LogP contribution in [0, 0.1) is 6.92 Å². The topological polar surface area (TPSA) is 63.9 Å². The van der Waals surface area contributed by atoms with Crippen molar-refractivity contribution in [3.63, 3.8) is 0 Å². The van der Waals surface area contributed by atoms with Crippen molar-refractivity contribution in [2.45, 2.75) is 44.8 Å². The van der Waals surface area contributed by atoms with E-state index in [-0.39, 0.29) is 6.10 Å². The summed E-state index contributed by atoms with van der Waals surface area (Å²) in [6.45, 7) is 5.27. The Hall–Kier alpha value is -2.31. The maximum Gasteiger partial charge on any atom is 0.216 e. The number of anilines is 2. The van der Waals surface area contributed by atoms with E-state index in [9.17, 15) is 0 Å². The van der Waals surface area contributed by atoms with E-state index in [0.717, 1.165) is 61.8 Å². The van der Waals surface area contributed by atoms with Crippen molar-refractivity contribution in [2.24, 2.45) is 0 Å². The van der Waals surface area contributed by atoms with Crippen LogP contribution >= 0.6 is 0 Å². The van der Waals surface area contributed by atoms with Gasteiger partial charge in [-0.1, -0.05) is 6.07 Å². The monoisotopic (exact) mass is 410 g/mol. The van der Waals surface area contributed by atoms with E-state index in [1.54, 1.807) is 0 Å². The number of morpholine rings is 1. The molecule has 0 bridgehead atoms. The Morgan fingerprint density at radius 2 is 1.80 bits per heavy atom. The maximum atomic E-state index is 6.43. The molecule has 2 aliphatic rings. The van der Waals surface area contributed by atoms with E-state index in [4.69, 9.17) is 20.2 Å². The lowest BCUT2D eigenvalue weighted by Gasteiger charge is -2.33. The summed E-state index contributed by atoms with van der Waals surface area (Å²) in [5.41, 5.74) is 10.3. The molecule has 30 heavy (non-hydrogen) atoms. The van der Waals surface area contributed by atoms with E-state index < -0.39 is 0 Å². The van der Waals surface area contributed by atoms with E-state index >= 15 is 0 Å². The number of nitrogens with zero attached hydrogens (tertiary/aromatic N) is 3. The third-order valence-electron chi connectivity index (χ3n) is 6.36. The van der Waals surface area contributed by atoms with Crippen LogP contribution in [0.15, 0.2) is 30.3 Å². The molecule has 4 rings (SSSR count). The summed E-state index contributed by atoms with van der Waals surface area (Å²) < 4.78 is 12.0. The van der Waals surface area contributed by atoms with Gasteiger partial charge in [-0.25, -0.2) is 0 Å². The molecule has 1 saturated carbocycles. The van der Waals surface area contributed by atoms with Gasteiger partial charge in [0.05, 0.1) is 13.2 Å². The van der Waals surface area contributed by atoms with Crippen LogP contribution in [0.4, 0.5) is 11.5 Å². The van der Waals surface area contributed by atoms with Crippen LogP contribution in [0.25, 0.3) is 11.1 Å². The van der Waals surface area contributed by atoms with Gasteiger partial charge in [0, 0.05) is 30.9 Å². The molecule has 0 atom stereocenters. The van der Waals surface area contributed by atoms with E-state index in [1.165, 1.54) is 18.4 Å². The molecule has 2 heterocycles. The van der Waals surface area contributed by atoms with Gasteiger partial charge in [0.25, 0.3) is 0 Å². The molecule has 6 nitrogen and oxygen atoms in total. The van der Waals surface area contributed by atoms with Crippen LogP contribution in [0.5, 0.6) is 5.88 Å². The lowest BCUT2D eigenvalue weighted by atomic mass is 9.92. The Morgan fingerprint density at radius 3 is 2.50 bits per heavy atom. The number of hydrogen-bond acceptors (Lipinski definition) is 6. The highest BCUT2D eigenvalue weighted by Crippen LogP contribution is 2.33. The number of benzene rings is 1. The predicted octanol–water partition coefficient (Wildman–Crippen LogP) is 3.73. The number of aromatic nitrogens is 1. The molecule has 1 saturated heterocycles. The summed E-state index contributed by atoms with van der Waals surface area (Å²) >= 11 is 0. The Bertz CT molecular complexity index is 856. The number of aryl methyl sites for hydroxylation is 1. The van der Waals surface area contributed by atoms with Crippen molar-refractivity contribution < 1.29 is 9.47 Å². The fourth-order valence-electron chi connectivity index (χ4n) is 4.46. The van der Waals surface area contributed by atoms with E-state index in [0.29, 0.717) is 11.9 Å².